The van der Waals surface area contributed by atoms with E-state index < -0.39 is 0 Å². The average molecular weight is 983 g/mol. The topological polar surface area (TPSA) is 0 Å². The maximum absolute atomic E-state index is 2.49. The maximum Gasteiger partial charge on any atom is -0.00921 e. The van der Waals surface area contributed by atoms with Gasteiger partial charge in [-0.2, -0.15) is 0 Å². The molecule has 0 atom stereocenters. The van der Waals surface area contributed by atoms with Gasteiger partial charge in [0, 0.05) is 0 Å². The molecule has 12 aromatic rings. The first-order valence-electron chi connectivity index (χ1n) is 27.5. The standard InChI is InChI=1S/C76H70/c1-73(2,3)53-31-21-47(22-32-53)63-45-71-67-41-51(29-39-61(67)65(43-69(71)59-19-15-13-17-57(59)63)49-25-35-55(36-26-49)75(7,8)9)52-30-40-62-66(50-27-37-56(38-28-50)76(10,11)12)44-70-60-20-16-14-18-58(60)64(46-72(70)68(62)42-52)48-23-33-54(34-24-48)74(4,5)6/h13-46H,1-12H3. The van der Waals surface area contributed by atoms with Crippen LogP contribution in [0.5, 0.6) is 0 Å². The zero-order valence-corrected chi connectivity index (χ0v) is 46.6. The molecule has 12 rings (SSSR count). The van der Waals surface area contributed by atoms with Crippen LogP contribution < -0.4 is 0 Å². The molecule has 0 aliphatic rings. The van der Waals surface area contributed by atoms with E-state index in [1.165, 1.54) is 143 Å². The van der Waals surface area contributed by atoms with Crippen LogP contribution >= 0.6 is 0 Å². The molecule has 0 saturated carbocycles. The number of hydrogen-bond acceptors (Lipinski definition) is 0. The van der Waals surface area contributed by atoms with Gasteiger partial charge in [-0.25, -0.2) is 0 Å². The van der Waals surface area contributed by atoms with Gasteiger partial charge in [0.25, 0.3) is 0 Å². The highest BCUT2D eigenvalue weighted by Gasteiger charge is 2.22. The molecule has 0 aromatic heterocycles. The molecule has 0 amide bonds. The molecule has 0 heterocycles. The Hall–Kier alpha value is -7.80. The van der Waals surface area contributed by atoms with Crippen LogP contribution in [0.1, 0.15) is 105 Å². The first kappa shape index (κ1) is 49.1. The number of rotatable bonds is 5. The lowest BCUT2D eigenvalue weighted by Crippen LogP contribution is -2.10. The smallest absolute Gasteiger partial charge is 0.00921 e. The Balaban J connectivity index is 1.13. The summed E-state index contributed by atoms with van der Waals surface area (Å²) in [6.07, 6.45) is 0. The first-order valence-corrected chi connectivity index (χ1v) is 27.5. The van der Waals surface area contributed by atoms with Crippen LogP contribution in [-0.4, -0.2) is 0 Å². The quantitative estimate of drug-likeness (QED) is 0.151. The SMILES string of the molecule is CC(C)(C)c1ccc(-c2cc3c4cc(-c5ccc6c(-c7ccc(C(C)(C)C)cc7)cc7c8ccccc8c(-c8ccc(C(C)(C)C)cc8)cc7c6c5)ccc4c(-c4ccc(C(C)(C)C)cc4)cc3c3ccccc23)cc1. The van der Waals surface area contributed by atoms with E-state index in [-0.39, 0.29) is 21.7 Å². The minimum Gasteiger partial charge on any atom is -0.0616 e. The normalized spacial score (nSPS) is 12.7. The molecule has 0 nitrogen and oxygen atoms in total. The van der Waals surface area contributed by atoms with E-state index in [9.17, 15) is 0 Å². The molecule has 0 aliphatic heterocycles. The highest BCUT2D eigenvalue weighted by molar-refractivity contribution is 6.26. The van der Waals surface area contributed by atoms with Gasteiger partial charge in [0.15, 0.2) is 0 Å². The van der Waals surface area contributed by atoms with Gasteiger partial charge in [0.2, 0.25) is 0 Å². The highest BCUT2D eigenvalue weighted by atomic mass is 14.3. The second-order valence-electron chi connectivity index (χ2n) is 25.8. The van der Waals surface area contributed by atoms with Crippen molar-refractivity contribution in [3.05, 3.63) is 229 Å². The number of hydrogen-bond donors (Lipinski definition) is 0. The average Bonchev–Trinajstić information content (AvgIpc) is 3.51. The summed E-state index contributed by atoms with van der Waals surface area (Å²) in [5.41, 5.74) is 18.0. The van der Waals surface area contributed by atoms with Gasteiger partial charge < -0.3 is 0 Å². The lowest BCUT2D eigenvalue weighted by Gasteiger charge is -2.21. The summed E-state index contributed by atoms with van der Waals surface area (Å²) >= 11 is 0. The third-order valence-electron chi connectivity index (χ3n) is 16.5. The summed E-state index contributed by atoms with van der Waals surface area (Å²) in [4.78, 5) is 0. The van der Waals surface area contributed by atoms with Crippen molar-refractivity contribution >= 4 is 64.6 Å². The van der Waals surface area contributed by atoms with E-state index in [0.717, 1.165) is 0 Å². The van der Waals surface area contributed by atoms with Crippen LogP contribution in [0.3, 0.4) is 0 Å². The van der Waals surface area contributed by atoms with E-state index in [1.54, 1.807) is 0 Å². The Morgan fingerprint density at radius 1 is 0.171 bits per heavy atom. The van der Waals surface area contributed by atoms with Gasteiger partial charge in [-0.15, -0.1) is 0 Å². The lowest BCUT2D eigenvalue weighted by molar-refractivity contribution is 0.590. The Bertz CT molecular complexity index is 3950. The Morgan fingerprint density at radius 3 is 0.618 bits per heavy atom. The third-order valence-corrected chi connectivity index (χ3v) is 16.5. The van der Waals surface area contributed by atoms with Crippen molar-refractivity contribution in [1.29, 1.82) is 0 Å². The molecular weight excluding hydrogens is 913 g/mol. The maximum atomic E-state index is 2.49. The first-order chi connectivity index (χ1) is 36.2. The largest absolute Gasteiger partial charge is 0.0616 e. The fourth-order valence-electron chi connectivity index (χ4n) is 11.9. The van der Waals surface area contributed by atoms with Crippen molar-refractivity contribution in [3.8, 4) is 55.6 Å². The number of benzene rings is 12. The van der Waals surface area contributed by atoms with Gasteiger partial charge in [0.05, 0.1) is 0 Å². The molecule has 0 bridgehead atoms. The predicted octanol–water partition coefficient (Wildman–Crippen LogP) is 22.1. The van der Waals surface area contributed by atoms with E-state index in [1.807, 2.05) is 0 Å². The monoisotopic (exact) mass is 983 g/mol. The zero-order chi connectivity index (χ0) is 53.1. The molecular formula is C76H70. The Kier molecular flexibility index (Phi) is 11.6. The molecule has 374 valence electrons. The second kappa shape index (κ2) is 17.9. The third kappa shape index (κ3) is 8.67. The molecule has 0 radical (unpaired) electrons. The summed E-state index contributed by atoms with van der Waals surface area (Å²) in [5, 5.41) is 15.2. The predicted molar refractivity (Wildman–Crippen MR) is 333 cm³/mol. The summed E-state index contributed by atoms with van der Waals surface area (Å²) in [6.45, 7) is 27.5. The van der Waals surface area contributed by atoms with Crippen molar-refractivity contribution in [1.82, 2.24) is 0 Å². The second-order valence-corrected chi connectivity index (χ2v) is 25.8. The van der Waals surface area contributed by atoms with E-state index in [4.69, 9.17) is 0 Å². The summed E-state index contributed by atoms with van der Waals surface area (Å²) in [6, 6.07) is 79.7. The van der Waals surface area contributed by atoms with Gasteiger partial charge in [-0.3, -0.25) is 0 Å². The summed E-state index contributed by atoms with van der Waals surface area (Å²) in [5.74, 6) is 0. The molecule has 0 N–H and O–H groups in total. The van der Waals surface area contributed by atoms with E-state index in [2.05, 4.69) is 289 Å². The minimum atomic E-state index is 0.0613. The van der Waals surface area contributed by atoms with Crippen LogP contribution in [-0.2, 0) is 21.7 Å². The molecule has 76 heavy (non-hydrogen) atoms. The van der Waals surface area contributed by atoms with Gasteiger partial charge in [-0.05, 0) is 201 Å². The Labute approximate surface area is 451 Å². The summed E-state index contributed by atoms with van der Waals surface area (Å²) in [7, 11) is 0. The minimum absolute atomic E-state index is 0.0613. The van der Waals surface area contributed by atoms with Crippen LogP contribution in [0.2, 0.25) is 0 Å². The molecule has 0 fully saturated rings. The van der Waals surface area contributed by atoms with E-state index >= 15 is 0 Å². The molecule has 0 saturated heterocycles. The van der Waals surface area contributed by atoms with Gasteiger partial charge >= 0.3 is 0 Å². The van der Waals surface area contributed by atoms with Gasteiger partial charge in [0.1, 0.15) is 0 Å². The zero-order valence-electron chi connectivity index (χ0n) is 46.6. The van der Waals surface area contributed by atoms with Crippen LogP contribution in [0.25, 0.3) is 120 Å². The van der Waals surface area contributed by atoms with Crippen LogP contribution in [0.4, 0.5) is 0 Å². The van der Waals surface area contributed by atoms with Crippen molar-refractivity contribution < 1.29 is 0 Å². The fraction of sp³-hybridized carbons (Fsp3) is 0.211. The van der Waals surface area contributed by atoms with E-state index in [0.29, 0.717) is 0 Å². The van der Waals surface area contributed by atoms with Crippen LogP contribution in [0, 0.1) is 0 Å². The summed E-state index contributed by atoms with van der Waals surface area (Å²) < 4.78 is 0. The van der Waals surface area contributed by atoms with Crippen molar-refractivity contribution in [2.45, 2.75) is 105 Å². The lowest BCUT2D eigenvalue weighted by atomic mass is 9.83. The van der Waals surface area contributed by atoms with Crippen molar-refractivity contribution in [3.63, 3.8) is 0 Å². The van der Waals surface area contributed by atoms with Gasteiger partial charge in [-0.1, -0.05) is 253 Å². The van der Waals surface area contributed by atoms with Crippen LogP contribution in [0.15, 0.2) is 206 Å². The van der Waals surface area contributed by atoms with Crippen molar-refractivity contribution in [2.75, 3.05) is 0 Å². The molecule has 0 aliphatic carbocycles. The number of fused-ring (bicyclic) bond motifs is 10. The molecule has 12 aromatic carbocycles. The fourth-order valence-corrected chi connectivity index (χ4v) is 11.9. The molecule has 0 unspecified atom stereocenters. The highest BCUT2D eigenvalue weighted by Crippen LogP contribution is 2.47. The molecule has 0 heteroatoms. The molecule has 0 spiro atoms. The Morgan fingerprint density at radius 2 is 0.368 bits per heavy atom. The van der Waals surface area contributed by atoms with Crippen molar-refractivity contribution in [2.24, 2.45) is 0 Å².